The third-order valence-corrected chi connectivity index (χ3v) is 8.26. The van der Waals surface area contributed by atoms with Crippen molar-refractivity contribution in [2.75, 3.05) is 0 Å². The van der Waals surface area contributed by atoms with E-state index in [4.69, 9.17) is 33.2 Å². The van der Waals surface area contributed by atoms with Crippen LogP contribution in [0, 0.1) is 0 Å². The average molecular weight is 256 g/mol. The average Bonchev–Trinajstić information content (AvgIpc) is 2.15. The van der Waals surface area contributed by atoms with E-state index in [0.717, 1.165) is 0 Å². The van der Waals surface area contributed by atoms with Gasteiger partial charge in [0, 0.05) is 5.04 Å². The van der Waals surface area contributed by atoms with Crippen LogP contribution >= 0.6 is 33.2 Å². The van der Waals surface area contributed by atoms with E-state index in [-0.39, 0.29) is 5.04 Å². The molecule has 0 aromatic rings. The first-order valence-electron chi connectivity index (χ1n) is 4.14. The summed E-state index contributed by atoms with van der Waals surface area (Å²) in [5.74, 6) is 0. The van der Waals surface area contributed by atoms with Gasteiger partial charge in [0.1, 0.15) is 0 Å². The van der Waals surface area contributed by atoms with Crippen molar-refractivity contribution in [1.82, 2.24) is 0 Å². The first-order chi connectivity index (χ1) is 5.70. The van der Waals surface area contributed by atoms with Crippen LogP contribution in [0.4, 0.5) is 0 Å². The van der Waals surface area contributed by atoms with Crippen LogP contribution in [0.15, 0.2) is 22.8 Å². The lowest BCUT2D eigenvalue weighted by atomic mass is 10.0. The largest absolute Gasteiger partial charge is 0.354 e. The Hall–Kier alpha value is 0.567. The fraction of sp³-hybridized carbons (Fsp3) is 0.556. The molecule has 0 spiro atoms. The maximum atomic E-state index is 6.10. The monoisotopic (exact) mass is 254 g/mol. The van der Waals surface area contributed by atoms with E-state index in [2.05, 4.69) is 26.8 Å². The van der Waals surface area contributed by atoms with Gasteiger partial charge in [-0.3, -0.25) is 0 Å². The van der Waals surface area contributed by atoms with Crippen molar-refractivity contribution in [3.05, 3.63) is 22.8 Å². The molecular weight excluding hydrogens is 243 g/mol. The fourth-order valence-corrected chi connectivity index (χ4v) is 4.39. The summed E-state index contributed by atoms with van der Waals surface area (Å²) < 4.78 is 0. The van der Waals surface area contributed by atoms with E-state index < -0.39 is 6.00 Å². The van der Waals surface area contributed by atoms with Crippen LogP contribution in [0.5, 0.6) is 0 Å². The van der Waals surface area contributed by atoms with Crippen LogP contribution in [0.2, 0.25) is 5.04 Å². The van der Waals surface area contributed by atoms with E-state index in [0.29, 0.717) is 0 Å². The molecule has 4 heteroatoms. The first kappa shape index (κ1) is 11.6. The summed E-state index contributed by atoms with van der Waals surface area (Å²) in [5.41, 5.74) is 3.71. The molecule has 0 heterocycles. The topological polar surface area (TPSA) is 0 Å². The Kier molecular flexibility index (Phi) is 2.96. The quantitative estimate of drug-likeness (QED) is 0.471. The molecule has 0 aromatic carbocycles. The lowest BCUT2D eigenvalue weighted by molar-refractivity contribution is 0.888. The van der Waals surface area contributed by atoms with Crippen molar-refractivity contribution >= 4 is 39.2 Å². The Balaban J connectivity index is 3.25. The van der Waals surface area contributed by atoms with Crippen molar-refractivity contribution in [2.24, 2.45) is 0 Å². The summed E-state index contributed by atoms with van der Waals surface area (Å²) in [6, 6.07) is -2.71. The molecule has 0 radical (unpaired) electrons. The third kappa shape index (κ3) is 1.72. The number of halogens is 3. The lowest BCUT2D eigenvalue weighted by Gasteiger charge is -2.30. The maximum Gasteiger partial charge on any atom is 0.354 e. The number of allylic oxidation sites excluding steroid dienone is 4. The molecule has 1 rings (SSSR count). The molecule has 13 heavy (non-hydrogen) atoms. The predicted molar refractivity (Wildman–Crippen MR) is 63.8 cm³/mol. The van der Waals surface area contributed by atoms with Crippen LogP contribution in [0.3, 0.4) is 0 Å². The highest BCUT2D eigenvalue weighted by atomic mass is 35.8. The molecule has 0 nitrogen and oxygen atoms in total. The summed E-state index contributed by atoms with van der Waals surface area (Å²) in [5, 5.41) is -0.314. The molecule has 74 valence electrons. The van der Waals surface area contributed by atoms with Crippen LogP contribution < -0.4 is 0 Å². The zero-order valence-corrected chi connectivity index (χ0v) is 11.5. The molecule has 0 bridgehead atoms. The predicted octanol–water partition coefficient (Wildman–Crippen LogP) is 4.70. The van der Waals surface area contributed by atoms with Gasteiger partial charge in [0.2, 0.25) is 0 Å². The molecule has 0 saturated heterocycles. The van der Waals surface area contributed by atoms with Gasteiger partial charge in [0.25, 0.3) is 0 Å². The van der Waals surface area contributed by atoms with E-state index in [9.17, 15) is 0 Å². The zero-order chi connectivity index (χ0) is 10.4. The molecule has 0 N–H and O–H groups in total. The van der Waals surface area contributed by atoms with Gasteiger partial charge in [-0.25, -0.2) is 0 Å². The Morgan fingerprint density at radius 1 is 1.15 bits per heavy atom. The van der Waals surface area contributed by atoms with Gasteiger partial charge in [-0.1, -0.05) is 24.1 Å². The molecule has 0 aliphatic heterocycles. The molecule has 0 aromatic heterocycles. The Morgan fingerprint density at radius 2 is 1.62 bits per heavy atom. The third-order valence-electron chi connectivity index (χ3n) is 3.03. The van der Waals surface area contributed by atoms with E-state index in [1.54, 1.807) is 0 Å². The van der Waals surface area contributed by atoms with Crippen molar-refractivity contribution in [1.29, 1.82) is 0 Å². The standard InChI is InChI=1S/C9H13Cl3Si/c1-6-5-9(4,13(10,11)12)8(3)7(6)2/h5H,1-4H3. The second kappa shape index (κ2) is 3.30. The maximum absolute atomic E-state index is 6.10. The Morgan fingerprint density at radius 3 is 1.77 bits per heavy atom. The normalized spacial score (nSPS) is 29.6. The number of rotatable bonds is 1. The van der Waals surface area contributed by atoms with Gasteiger partial charge < -0.3 is 0 Å². The van der Waals surface area contributed by atoms with Gasteiger partial charge in [0.05, 0.1) is 0 Å². The Bertz CT molecular complexity index is 298. The minimum Gasteiger partial charge on any atom is -0.125 e. The molecule has 1 unspecified atom stereocenters. The minimum atomic E-state index is -2.71. The molecular formula is C9H13Cl3Si. The van der Waals surface area contributed by atoms with E-state index in [1.807, 2.05) is 6.92 Å². The second-order valence-electron chi connectivity index (χ2n) is 3.78. The summed E-state index contributed by atoms with van der Waals surface area (Å²) in [7, 11) is 0. The summed E-state index contributed by atoms with van der Waals surface area (Å²) in [6.45, 7) is 8.21. The van der Waals surface area contributed by atoms with Gasteiger partial charge in [0.15, 0.2) is 0 Å². The minimum absolute atomic E-state index is 0.314. The van der Waals surface area contributed by atoms with Crippen LogP contribution in [-0.2, 0) is 0 Å². The van der Waals surface area contributed by atoms with Crippen LogP contribution in [0.25, 0.3) is 0 Å². The molecule has 0 amide bonds. The van der Waals surface area contributed by atoms with Gasteiger partial charge >= 0.3 is 6.00 Å². The first-order valence-corrected chi connectivity index (χ1v) is 9.18. The highest BCUT2D eigenvalue weighted by Crippen LogP contribution is 2.57. The van der Waals surface area contributed by atoms with Crippen LogP contribution in [-0.4, -0.2) is 6.00 Å². The summed E-state index contributed by atoms with van der Waals surface area (Å²) in [4.78, 5) is 0. The lowest BCUT2D eigenvalue weighted by Crippen LogP contribution is -2.29. The highest BCUT2D eigenvalue weighted by Gasteiger charge is 2.50. The van der Waals surface area contributed by atoms with Gasteiger partial charge in [-0.2, -0.15) is 0 Å². The van der Waals surface area contributed by atoms with Crippen molar-refractivity contribution < 1.29 is 0 Å². The van der Waals surface area contributed by atoms with E-state index >= 15 is 0 Å². The zero-order valence-electron chi connectivity index (χ0n) is 8.21. The van der Waals surface area contributed by atoms with Gasteiger partial charge in [-0.15, -0.1) is 33.2 Å². The second-order valence-corrected chi connectivity index (χ2v) is 12.7. The van der Waals surface area contributed by atoms with Crippen molar-refractivity contribution in [3.63, 3.8) is 0 Å². The summed E-state index contributed by atoms with van der Waals surface area (Å²) in [6.07, 6.45) is 2.09. The van der Waals surface area contributed by atoms with Crippen LogP contribution in [0.1, 0.15) is 27.7 Å². The number of hydrogen-bond donors (Lipinski definition) is 0. The molecule has 1 aliphatic carbocycles. The fourth-order valence-electron chi connectivity index (χ4n) is 1.63. The van der Waals surface area contributed by atoms with Crippen molar-refractivity contribution in [3.8, 4) is 0 Å². The molecule has 0 fully saturated rings. The highest BCUT2D eigenvalue weighted by molar-refractivity contribution is 7.66. The van der Waals surface area contributed by atoms with Crippen molar-refractivity contribution in [2.45, 2.75) is 32.7 Å². The smallest absolute Gasteiger partial charge is 0.125 e. The molecule has 1 aliphatic rings. The number of hydrogen-bond acceptors (Lipinski definition) is 0. The SMILES string of the molecule is CC1=CC(C)([Si](Cl)(Cl)Cl)C(C)=C1C. The van der Waals surface area contributed by atoms with Gasteiger partial charge in [-0.05, 0) is 26.3 Å². The molecule has 1 atom stereocenters. The summed E-state index contributed by atoms with van der Waals surface area (Å²) >= 11 is 18.3. The van der Waals surface area contributed by atoms with E-state index in [1.165, 1.54) is 16.7 Å². The molecule has 0 saturated carbocycles. The Labute approximate surface area is 94.7 Å².